The summed E-state index contributed by atoms with van der Waals surface area (Å²) in [6.07, 6.45) is 9.60. The Kier molecular flexibility index (Phi) is 8.28. The second kappa shape index (κ2) is 11.1. The summed E-state index contributed by atoms with van der Waals surface area (Å²) < 4.78 is 0. The molecule has 3 fully saturated rings. The fourth-order valence-corrected chi connectivity index (χ4v) is 5.09. The zero-order valence-corrected chi connectivity index (χ0v) is 18.1. The number of nitrogens with one attached hydrogen (secondary N) is 3. The number of rotatable bonds is 5. The molecule has 2 aliphatic heterocycles. The number of piperidine rings is 1. The van der Waals surface area contributed by atoms with Gasteiger partial charge in [-0.2, -0.15) is 0 Å². The standard InChI is InChI=1S/C14H24N2O.C9H11N3O2/c17-14(16-9-3-4-10-16)13-12-6-2-1-5-11(12)7-8-15-13;10-9(11)7-2-1-6(3-8(7)14)4-12-5-13/h11-13,15H,1-10H2;1-3,5,14H,4H2,(H3,10,11)(H,12,13)/t11-,12-,13?;/m0./s1. The molecule has 1 aromatic carbocycles. The molecule has 2 heterocycles. The molecule has 8 nitrogen and oxygen atoms in total. The third-order valence-corrected chi connectivity index (χ3v) is 6.70. The van der Waals surface area contributed by atoms with Gasteiger partial charge in [-0.15, -0.1) is 0 Å². The quantitative estimate of drug-likeness (QED) is 0.276. The van der Waals surface area contributed by atoms with Crippen LogP contribution in [0.2, 0.25) is 0 Å². The Morgan fingerprint density at radius 3 is 2.65 bits per heavy atom. The average Bonchev–Trinajstić information content (AvgIpc) is 3.32. The largest absolute Gasteiger partial charge is 0.507 e. The number of amides is 2. The van der Waals surface area contributed by atoms with Crippen LogP contribution in [0.25, 0.3) is 0 Å². The van der Waals surface area contributed by atoms with Gasteiger partial charge in [-0.05, 0) is 61.8 Å². The van der Waals surface area contributed by atoms with Gasteiger partial charge in [0, 0.05) is 19.6 Å². The third-order valence-electron chi connectivity index (χ3n) is 6.70. The average molecular weight is 430 g/mol. The van der Waals surface area contributed by atoms with Gasteiger partial charge in [0.2, 0.25) is 12.3 Å². The van der Waals surface area contributed by atoms with Crippen molar-refractivity contribution in [1.82, 2.24) is 15.5 Å². The number of carbonyl (C=O) groups is 2. The fourth-order valence-electron chi connectivity index (χ4n) is 5.09. The molecule has 0 bridgehead atoms. The van der Waals surface area contributed by atoms with Crippen LogP contribution in [0.15, 0.2) is 18.2 Å². The highest BCUT2D eigenvalue weighted by Gasteiger charge is 2.40. The minimum absolute atomic E-state index is 0.0531. The van der Waals surface area contributed by atoms with E-state index in [4.69, 9.17) is 11.1 Å². The van der Waals surface area contributed by atoms with Gasteiger partial charge in [0.05, 0.1) is 11.6 Å². The molecule has 0 radical (unpaired) electrons. The Labute approximate surface area is 184 Å². The first kappa shape index (κ1) is 23.1. The maximum atomic E-state index is 12.5. The van der Waals surface area contributed by atoms with Crippen LogP contribution >= 0.6 is 0 Å². The van der Waals surface area contributed by atoms with E-state index in [-0.39, 0.29) is 17.6 Å². The Hall–Kier alpha value is -2.61. The Bertz CT molecular complexity index is 776. The fraction of sp³-hybridized carbons (Fsp3) is 0.609. The van der Waals surface area contributed by atoms with Crippen molar-refractivity contribution >= 4 is 18.2 Å². The number of benzene rings is 1. The van der Waals surface area contributed by atoms with Gasteiger partial charge >= 0.3 is 0 Å². The van der Waals surface area contributed by atoms with E-state index in [1.165, 1.54) is 51.0 Å². The van der Waals surface area contributed by atoms with E-state index >= 15 is 0 Å². The van der Waals surface area contributed by atoms with Crippen molar-refractivity contribution in [3.05, 3.63) is 29.3 Å². The summed E-state index contributed by atoms with van der Waals surface area (Å²) in [5.41, 5.74) is 6.26. The first-order valence-corrected chi connectivity index (χ1v) is 11.4. The SMILES string of the molecule is N=C(N)c1ccc(CNC=O)cc1O.O=C(C1NCC[C@@H]2CCCC[C@H]12)N1CCCC1. The van der Waals surface area contributed by atoms with Gasteiger partial charge in [0.1, 0.15) is 11.6 Å². The lowest BCUT2D eigenvalue weighted by Gasteiger charge is -2.42. The molecule has 0 spiro atoms. The number of fused-ring (bicyclic) bond motifs is 1. The number of phenolic OH excluding ortho intramolecular Hbond substituents is 1. The van der Waals surface area contributed by atoms with E-state index in [2.05, 4.69) is 15.5 Å². The molecule has 1 unspecified atom stereocenters. The molecule has 6 N–H and O–H groups in total. The minimum Gasteiger partial charge on any atom is -0.507 e. The Morgan fingerprint density at radius 2 is 1.97 bits per heavy atom. The van der Waals surface area contributed by atoms with Gasteiger partial charge < -0.3 is 26.4 Å². The highest BCUT2D eigenvalue weighted by Crippen LogP contribution is 2.37. The van der Waals surface area contributed by atoms with Gasteiger partial charge in [-0.1, -0.05) is 25.3 Å². The number of nitrogen functional groups attached to an aromatic ring is 1. The van der Waals surface area contributed by atoms with Gasteiger partial charge in [0.25, 0.3) is 0 Å². The van der Waals surface area contributed by atoms with Crippen LogP contribution in [0.4, 0.5) is 0 Å². The Balaban J connectivity index is 0.000000180. The number of nitrogens with two attached hydrogens (primary N) is 1. The third kappa shape index (κ3) is 5.97. The summed E-state index contributed by atoms with van der Waals surface area (Å²) in [4.78, 5) is 24.6. The molecular formula is C23H35N5O3. The number of aromatic hydroxyl groups is 1. The van der Waals surface area contributed by atoms with Crippen LogP contribution in [-0.4, -0.2) is 53.8 Å². The summed E-state index contributed by atoms with van der Waals surface area (Å²) in [7, 11) is 0. The van der Waals surface area contributed by atoms with E-state index in [0.717, 1.165) is 31.1 Å². The molecule has 2 saturated heterocycles. The van der Waals surface area contributed by atoms with Crippen LogP contribution in [-0.2, 0) is 16.1 Å². The van der Waals surface area contributed by atoms with E-state index in [1.807, 2.05) is 0 Å². The van der Waals surface area contributed by atoms with Crippen molar-refractivity contribution in [2.75, 3.05) is 19.6 Å². The highest BCUT2D eigenvalue weighted by atomic mass is 16.3. The van der Waals surface area contributed by atoms with E-state index in [1.54, 1.807) is 12.1 Å². The molecule has 0 aromatic heterocycles. The zero-order chi connectivity index (χ0) is 22.2. The van der Waals surface area contributed by atoms with Crippen molar-refractivity contribution in [3.8, 4) is 5.75 Å². The maximum absolute atomic E-state index is 12.5. The molecule has 31 heavy (non-hydrogen) atoms. The number of phenols is 1. The number of nitrogens with zero attached hydrogens (tertiary/aromatic N) is 1. The van der Waals surface area contributed by atoms with Gasteiger partial charge in [-0.25, -0.2) is 0 Å². The van der Waals surface area contributed by atoms with Crippen molar-refractivity contribution in [1.29, 1.82) is 5.41 Å². The minimum atomic E-state index is -0.183. The van der Waals surface area contributed by atoms with E-state index in [9.17, 15) is 14.7 Å². The molecule has 1 saturated carbocycles. The summed E-state index contributed by atoms with van der Waals surface area (Å²) in [6, 6.07) is 4.84. The molecular weight excluding hydrogens is 394 g/mol. The van der Waals surface area contributed by atoms with Gasteiger partial charge in [0.15, 0.2) is 0 Å². The second-order valence-corrected chi connectivity index (χ2v) is 8.73. The zero-order valence-electron chi connectivity index (χ0n) is 18.1. The molecule has 8 heteroatoms. The number of amidine groups is 1. The highest BCUT2D eigenvalue weighted by molar-refractivity contribution is 5.97. The topological polar surface area (TPSA) is 132 Å². The van der Waals surface area contributed by atoms with Crippen molar-refractivity contribution in [2.45, 2.75) is 57.5 Å². The molecule has 3 atom stereocenters. The molecule has 1 aliphatic carbocycles. The van der Waals surface area contributed by atoms with Crippen molar-refractivity contribution in [2.24, 2.45) is 17.6 Å². The van der Waals surface area contributed by atoms with E-state index < -0.39 is 0 Å². The predicted octanol–water partition coefficient (Wildman–Crippen LogP) is 1.70. The number of likely N-dealkylation sites (tertiary alicyclic amines) is 1. The number of hydrogen-bond donors (Lipinski definition) is 5. The molecule has 3 aliphatic rings. The Morgan fingerprint density at radius 1 is 1.23 bits per heavy atom. The lowest BCUT2D eigenvalue weighted by atomic mass is 9.71. The van der Waals surface area contributed by atoms with Crippen LogP contribution in [0.3, 0.4) is 0 Å². The second-order valence-electron chi connectivity index (χ2n) is 8.73. The predicted molar refractivity (Wildman–Crippen MR) is 120 cm³/mol. The van der Waals surface area contributed by atoms with E-state index in [0.29, 0.717) is 30.3 Å². The number of hydrogen-bond acceptors (Lipinski definition) is 5. The monoisotopic (exact) mass is 429 g/mol. The lowest BCUT2D eigenvalue weighted by Crippen LogP contribution is -2.55. The molecule has 4 rings (SSSR count). The van der Waals surface area contributed by atoms with Crippen molar-refractivity contribution in [3.63, 3.8) is 0 Å². The summed E-state index contributed by atoms with van der Waals surface area (Å²) in [5.74, 6) is 1.62. The summed E-state index contributed by atoms with van der Waals surface area (Å²) in [6.45, 7) is 3.38. The first-order valence-electron chi connectivity index (χ1n) is 11.4. The lowest BCUT2D eigenvalue weighted by molar-refractivity contribution is -0.135. The van der Waals surface area contributed by atoms with Gasteiger partial charge in [-0.3, -0.25) is 15.0 Å². The number of carbonyl (C=O) groups excluding carboxylic acids is 2. The molecule has 1 aromatic rings. The smallest absolute Gasteiger partial charge is 0.240 e. The molecule has 170 valence electrons. The van der Waals surface area contributed by atoms with Crippen LogP contribution in [0, 0.1) is 17.2 Å². The van der Waals surface area contributed by atoms with Crippen LogP contribution < -0.4 is 16.4 Å². The van der Waals surface area contributed by atoms with Crippen molar-refractivity contribution < 1.29 is 14.7 Å². The van der Waals surface area contributed by atoms with Crippen LogP contribution in [0.5, 0.6) is 5.75 Å². The summed E-state index contributed by atoms with van der Waals surface area (Å²) >= 11 is 0. The summed E-state index contributed by atoms with van der Waals surface area (Å²) in [5, 5.41) is 22.5. The first-order chi connectivity index (χ1) is 15.0. The molecule has 2 amide bonds. The maximum Gasteiger partial charge on any atom is 0.240 e. The normalized spacial score (nSPS) is 25.0. The van der Waals surface area contributed by atoms with Crippen LogP contribution in [0.1, 0.15) is 56.1 Å².